The summed E-state index contributed by atoms with van der Waals surface area (Å²) >= 11 is 6.01. The summed E-state index contributed by atoms with van der Waals surface area (Å²) in [5.74, 6) is 0.0167. The molecule has 0 heterocycles. The molecule has 0 radical (unpaired) electrons. The molecule has 1 N–H and O–H groups in total. The second kappa shape index (κ2) is 6.62. The zero-order chi connectivity index (χ0) is 12.8. The SMILES string of the molecule is CNCCCN(C)C(=O)c1ccc(C)c(Cl)c1. The van der Waals surface area contributed by atoms with Gasteiger partial charge in [-0.1, -0.05) is 17.7 Å². The highest BCUT2D eigenvalue weighted by atomic mass is 35.5. The minimum Gasteiger partial charge on any atom is -0.342 e. The quantitative estimate of drug-likeness (QED) is 0.818. The molecule has 0 aliphatic carbocycles. The van der Waals surface area contributed by atoms with Gasteiger partial charge < -0.3 is 10.2 Å². The highest BCUT2D eigenvalue weighted by molar-refractivity contribution is 6.31. The summed E-state index contributed by atoms with van der Waals surface area (Å²) in [6, 6.07) is 5.42. The Balaban J connectivity index is 2.65. The van der Waals surface area contributed by atoms with E-state index >= 15 is 0 Å². The zero-order valence-electron chi connectivity index (χ0n) is 10.6. The maximum Gasteiger partial charge on any atom is 0.253 e. The third-order valence-electron chi connectivity index (χ3n) is 2.69. The van der Waals surface area contributed by atoms with E-state index in [4.69, 9.17) is 11.6 Å². The van der Waals surface area contributed by atoms with Gasteiger partial charge in [0.2, 0.25) is 0 Å². The van der Waals surface area contributed by atoms with Crippen molar-refractivity contribution in [2.75, 3.05) is 27.2 Å². The van der Waals surface area contributed by atoms with Gasteiger partial charge in [0.05, 0.1) is 0 Å². The molecule has 1 aromatic carbocycles. The molecule has 0 atom stereocenters. The van der Waals surface area contributed by atoms with Crippen molar-refractivity contribution >= 4 is 17.5 Å². The van der Waals surface area contributed by atoms with Crippen LogP contribution in [0.3, 0.4) is 0 Å². The van der Waals surface area contributed by atoms with E-state index in [0.29, 0.717) is 10.6 Å². The van der Waals surface area contributed by atoms with Gasteiger partial charge in [0, 0.05) is 24.2 Å². The average molecular weight is 255 g/mol. The van der Waals surface area contributed by atoms with Gasteiger partial charge in [-0.15, -0.1) is 0 Å². The molecule has 0 spiro atoms. The van der Waals surface area contributed by atoms with E-state index in [9.17, 15) is 4.79 Å². The highest BCUT2D eigenvalue weighted by Gasteiger charge is 2.11. The van der Waals surface area contributed by atoms with Crippen molar-refractivity contribution < 1.29 is 4.79 Å². The van der Waals surface area contributed by atoms with Crippen LogP contribution >= 0.6 is 11.6 Å². The summed E-state index contributed by atoms with van der Waals surface area (Å²) in [5.41, 5.74) is 1.63. The fourth-order valence-corrected chi connectivity index (χ4v) is 1.72. The smallest absolute Gasteiger partial charge is 0.253 e. The number of aryl methyl sites for hydroxylation is 1. The molecule has 0 unspecified atom stereocenters. The van der Waals surface area contributed by atoms with Crippen LogP contribution in [0.15, 0.2) is 18.2 Å². The minimum atomic E-state index is 0.0167. The van der Waals surface area contributed by atoms with Gasteiger partial charge in [-0.25, -0.2) is 0 Å². The molecule has 0 aliphatic rings. The van der Waals surface area contributed by atoms with E-state index in [1.54, 1.807) is 11.0 Å². The van der Waals surface area contributed by atoms with Crippen molar-refractivity contribution in [3.05, 3.63) is 34.3 Å². The number of nitrogens with zero attached hydrogens (tertiary/aromatic N) is 1. The molecular weight excluding hydrogens is 236 g/mol. The maximum atomic E-state index is 12.0. The Morgan fingerprint density at radius 3 is 2.76 bits per heavy atom. The van der Waals surface area contributed by atoms with Crippen molar-refractivity contribution in [1.29, 1.82) is 0 Å². The zero-order valence-corrected chi connectivity index (χ0v) is 11.3. The first kappa shape index (κ1) is 14.0. The van der Waals surface area contributed by atoms with Crippen molar-refractivity contribution in [1.82, 2.24) is 10.2 Å². The number of halogens is 1. The van der Waals surface area contributed by atoms with Gasteiger partial charge in [-0.2, -0.15) is 0 Å². The molecule has 0 aliphatic heterocycles. The Hall–Kier alpha value is -1.06. The average Bonchev–Trinajstić information content (AvgIpc) is 2.32. The molecule has 0 fully saturated rings. The van der Waals surface area contributed by atoms with Crippen LogP contribution in [-0.2, 0) is 0 Å². The summed E-state index contributed by atoms with van der Waals surface area (Å²) in [6.07, 6.45) is 0.943. The number of amides is 1. The molecule has 0 saturated heterocycles. The molecule has 17 heavy (non-hydrogen) atoms. The molecule has 1 rings (SSSR count). The van der Waals surface area contributed by atoms with Crippen LogP contribution in [0.25, 0.3) is 0 Å². The van der Waals surface area contributed by atoms with Gasteiger partial charge in [0.1, 0.15) is 0 Å². The predicted molar refractivity (Wildman–Crippen MR) is 71.7 cm³/mol. The first-order valence-corrected chi connectivity index (χ1v) is 6.10. The highest BCUT2D eigenvalue weighted by Crippen LogP contribution is 2.17. The van der Waals surface area contributed by atoms with Crippen molar-refractivity contribution in [3.8, 4) is 0 Å². The van der Waals surface area contributed by atoms with Crippen LogP contribution < -0.4 is 5.32 Å². The largest absolute Gasteiger partial charge is 0.342 e. The fraction of sp³-hybridized carbons (Fsp3) is 0.462. The summed E-state index contributed by atoms with van der Waals surface area (Å²) in [4.78, 5) is 13.8. The van der Waals surface area contributed by atoms with Crippen molar-refractivity contribution in [2.45, 2.75) is 13.3 Å². The van der Waals surface area contributed by atoms with Crippen LogP contribution in [-0.4, -0.2) is 38.0 Å². The van der Waals surface area contributed by atoms with E-state index in [0.717, 1.165) is 25.1 Å². The number of hydrogen-bond acceptors (Lipinski definition) is 2. The lowest BCUT2D eigenvalue weighted by Gasteiger charge is -2.17. The van der Waals surface area contributed by atoms with Crippen LogP contribution in [0.4, 0.5) is 0 Å². The van der Waals surface area contributed by atoms with Gasteiger partial charge in [0.15, 0.2) is 0 Å². The molecule has 0 bridgehead atoms. The van der Waals surface area contributed by atoms with Crippen LogP contribution in [0.5, 0.6) is 0 Å². The molecule has 0 aromatic heterocycles. The molecule has 1 amide bonds. The number of carbonyl (C=O) groups is 1. The molecule has 4 heteroatoms. The maximum absolute atomic E-state index is 12.0. The number of benzene rings is 1. The lowest BCUT2D eigenvalue weighted by Crippen LogP contribution is -2.29. The molecule has 0 saturated carbocycles. The van der Waals surface area contributed by atoms with Crippen LogP contribution in [0, 0.1) is 6.92 Å². The Morgan fingerprint density at radius 1 is 1.47 bits per heavy atom. The third-order valence-corrected chi connectivity index (χ3v) is 3.09. The Morgan fingerprint density at radius 2 is 2.18 bits per heavy atom. The second-order valence-electron chi connectivity index (χ2n) is 4.15. The van der Waals surface area contributed by atoms with E-state index in [2.05, 4.69) is 5.32 Å². The van der Waals surface area contributed by atoms with Crippen LogP contribution in [0.1, 0.15) is 22.3 Å². The van der Waals surface area contributed by atoms with Crippen molar-refractivity contribution in [3.63, 3.8) is 0 Å². The second-order valence-corrected chi connectivity index (χ2v) is 4.55. The fourth-order valence-electron chi connectivity index (χ4n) is 1.54. The lowest BCUT2D eigenvalue weighted by molar-refractivity contribution is 0.0794. The number of carbonyl (C=O) groups excluding carboxylic acids is 1. The third kappa shape index (κ3) is 4.02. The van der Waals surface area contributed by atoms with E-state index in [1.165, 1.54) is 0 Å². The van der Waals surface area contributed by atoms with E-state index in [-0.39, 0.29) is 5.91 Å². The van der Waals surface area contributed by atoms with E-state index < -0.39 is 0 Å². The monoisotopic (exact) mass is 254 g/mol. The normalized spacial score (nSPS) is 10.4. The molecule has 94 valence electrons. The Kier molecular flexibility index (Phi) is 5.45. The molecule has 1 aromatic rings. The topological polar surface area (TPSA) is 32.3 Å². The molecular formula is C13H19ClN2O. The van der Waals surface area contributed by atoms with Crippen molar-refractivity contribution in [2.24, 2.45) is 0 Å². The Bertz CT molecular complexity index is 393. The standard InChI is InChI=1S/C13H19ClN2O/c1-10-5-6-11(9-12(10)14)13(17)16(3)8-4-7-15-2/h5-6,9,15H,4,7-8H2,1-3H3. The summed E-state index contributed by atoms with van der Waals surface area (Å²) < 4.78 is 0. The number of hydrogen-bond donors (Lipinski definition) is 1. The predicted octanol–water partition coefficient (Wildman–Crippen LogP) is 2.33. The van der Waals surface area contributed by atoms with Crippen LogP contribution in [0.2, 0.25) is 5.02 Å². The summed E-state index contributed by atoms with van der Waals surface area (Å²) in [7, 11) is 3.72. The molecule has 3 nitrogen and oxygen atoms in total. The summed E-state index contributed by atoms with van der Waals surface area (Å²) in [5, 5.41) is 3.70. The summed E-state index contributed by atoms with van der Waals surface area (Å²) in [6.45, 7) is 3.57. The van der Waals surface area contributed by atoms with Gasteiger partial charge in [-0.05, 0) is 44.6 Å². The van der Waals surface area contributed by atoms with Gasteiger partial charge >= 0.3 is 0 Å². The minimum absolute atomic E-state index is 0.0167. The van der Waals surface area contributed by atoms with E-state index in [1.807, 2.05) is 33.2 Å². The number of nitrogens with one attached hydrogen (secondary N) is 1. The first-order valence-electron chi connectivity index (χ1n) is 5.72. The lowest BCUT2D eigenvalue weighted by atomic mass is 10.1. The van der Waals surface area contributed by atoms with Gasteiger partial charge in [0.25, 0.3) is 5.91 Å². The van der Waals surface area contributed by atoms with Gasteiger partial charge in [-0.3, -0.25) is 4.79 Å². The number of rotatable bonds is 5. The first-order chi connectivity index (χ1) is 8.06. The Labute approximate surface area is 108 Å².